The van der Waals surface area contributed by atoms with Crippen LogP contribution in [0.2, 0.25) is 0 Å². The summed E-state index contributed by atoms with van der Waals surface area (Å²) in [5, 5.41) is -8.55. The van der Waals surface area contributed by atoms with Crippen molar-refractivity contribution in [3.05, 3.63) is 0 Å². The molecule has 26 heavy (non-hydrogen) atoms. The van der Waals surface area contributed by atoms with E-state index in [1.165, 1.54) is 0 Å². The Bertz CT molecular complexity index is 602. The molecule has 2 atom stereocenters. The van der Waals surface area contributed by atoms with Crippen LogP contribution in [-0.4, -0.2) is 49.8 Å². The van der Waals surface area contributed by atoms with Crippen molar-refractivity contribution >= 4 is 15.8 Å². The van der Waals surface area contributed by atoms with E-state index in [1.807, 2.05) is 0 Å². The third-order valence-electron chi connectivity index (χ3n) is 3.82. The number of sulfone groups is 1. The Morgan fingerprint density at radius 1 is 1.04 bits per heavy atom. The van der Waals surface area contributed by atoms with Gasteiger partial charge >= 0.3 is 29.0 Å². The van der Waals surface area contributed by atoms with Gasteiger partial charge < -0.3 is 4.74 Å². The van der Waals surface area contributed by atoms with E-state index >= 15 is 0 Å². The molecule has 0 N–H and O–H groups in total. The van der Waals surface area contributed by atoms with Gasteiger partial charge in [0.15, 0.2) is 0 Å². The Morgan fingerprint density at radius 2 is 1.50 bits per heavy atom. The summed E-state index contributed by atoms with van der Waals surface area (Å²) < 4.78 is 135. The molecule has 13 heteroatoms. The number of hydrogen-bond acceptors (Lipinski definition) is 4. The van der Waals surface area contributed by atoms with E-state index in [0.29, 0.717) is 13.8 Å². The van der Waals surface area contributed by atoms with Crippen LogP contribution in [-0.2, 0) is 19.4 Å². The third-order valence-corrected chi connectivity index (χ3v) is 6.45. The molecule has 4 nitrogen and oxygen atoms in total. The molecular formula is C13H18F8O4S. The Hall–Kier alpha value is -1.14. The summed E-state index contributed by atoms with van der Waals surface area (Å²) in [6.07, 6.45) is -10.5. The summed E-state index contributed by atoms with van der Waals surface area (Å²) in [6, 6.07) is 0. The Morgan fingerprint density at radius 3 is 1.85 bits per heavy atom. The highest BCUT2D eigenvalue weighted by Gasteiger charge is 2.85. The van der Waals surface area contributed by atoms with Crippen molar-refractivity contribution in [1.82, 2.24) is 0 Å². The number of alkyl halides is 8. The van der Waals surface area contributed by atoms with E-state index in [-0.39, 0.29) is 0 Å². The van der Waals surface area contributed by atoms with E-state index in [0.717, 1.165) is 7.11 Å². The molecule has 0 amide bonds. The molecule has 0 saturated heterocycles. The smallest absolute Gasteiger partial charge is 0.458 e. The molecule has 0 aromatic heterocycles. The summed E-state index contributed by atoms with van der Waals surface area (Å²) in [7, 11) is -5.38. The lowest BCUT2D eigenvalue weighted by molar-refractivity contribution is -0.339. The molecule has 0 aliphatic heterocycles. The SMILES string of the molecule is CCC(F)(F)C(F)(C(F)(F)C(F)(F)F)S(=O)(=O)C(C)CCCC(=O)OC. The quantitative estimate of drug-likeness (QED) is 0.416. The highest BCUT2D eigenvalue weighted by molar-refractivity contribution is 7.93. The third kappa shape index (κ3) is 4.06. The minimum atomic E-state index is -6.88. The molecule has 0 aromatic rings. The van der Waals surface area contributed by atoms with E-state index in [2.05, 4.69) is 4.74 Å². The van der Waals surface area contributed by atoms with Crippen molar-refractivity contribution in [3.8, 4) is 0 Å². The van der Waals surface area contributed by atoms with Crippen LogP contribution in [0.3, 0.4) is 0 Å². The van der Waals surface area contributed by atoms with Crippen LogP contribution in [0, 0.1) is 0 Å². The van der Waals surface area contributed by atoms with Crippen molar-refractivity contribution in [3.63, 3.8) is 0 Å². The van der Waals surface area contributed by atoms with E-state index in [9.17, 15) is 48.3 Å². The number of hydrogen-bond donors (Lipinski definition) is 0. The zero-order chi connectivity index (χ0) is 21.2. The Labute approximate surface area is 144 Å². The maximum Gasteiger partial charge on any atom is 0.458 e. The molecule has 0 rings (SSSR count). The summed E-state index contributed by atoms with van der Waals surface area (Å²) in [4.78, 5) is 10.9. The molecule has 0 fully saturated rings. The van der Waals surface area contributed by atoms with Crippen molar-refractivity contribution in [2.24, 2.45) is 0 Å². The number of esters is 1. The molecule has 0 aliphatic rings. The molecule has 0 bridgehead atoms. The van der Waals surface area contributed by atoms with Crippen LogP contribution in [0.25, 0.3) is 0 Å². The highest BCUT2D eigenvalue weighted by atomic mass is 32.2. The van der Waals surface area contributed by atoms with E-state index in [1.54, 1.807) is 0 Å². The topological polar surface area (TPSA) is 60.4 Å². The minimum Gasteiger partial charge on any atom is -0.469 e. The van der Waals surface area contributed by atoms with Gasteiger partial charge in [0, 0.05) is 12.8 Å². The van der Waals surface area contributed by atoms with Gasteiger partial charge in [-0.25, -0.2) is 21.6 Å². The van der Waals surface area contributed by atoms with Gasteiger partial charge in [0.2, 0.25) is 9.84 Å². The van der Waals surface area contributed by atoms with Crippen molar-refractivity contribution < 1.29 is 53.1 Å². The fourth-order valence-corrected chi connectivity index (χ4v) is 4.16. The largest absolute Gasteiger partial charge is 0.469 e. The zero-order valence-electron chi connectivity index (χ0n) is 14.0. The standard InChI is InChI=1S/C13H18F8O4S/c1-4-10(14,15)12(18,11(16,17)13(19,20)21)26(23,24)8(2)6-5-7-9(22)25-3/h8H,4-7H2,1-3H3. The molecule has 0 aliphatic carbocycles. The number of carbonyl (C=O) groups is 1. The van der Waals surface area contributed by atoms with Crippen LogP contribution in [0.1, 0.15) is 39.5 Å². The second kappa shape index (κ2) is 7.85. The lowest BCUT2D eigenvalue weighted by Gasteiger charge is -2.39. The molecule has 156 valence electrons. The zero-order valence-corrected chi connectivity index (χ0v) is 14.8. The first kappa shape index (κ1) is 24.9. The predicted octanol–water partition coefficient (Wildman–Crippen LogP) is 4.04. The molecule has 0 radical (unpaired) electrons. The number of halogens is 8. The Kier molecular flexibility index (Phi) is 7.50. The first-order valence-corrected chi connectivity index (χ1v) is 8.80. The average Bonchev–Trinajstić information content (AvgIpc) is 2.51. The number of methoxy groups -OCH3 is 1. The molecule has 0 spiro atoms. The van der Waals surface area contributed by atoms with Crippen LogP contribution >= 0.6 is 0 Å². The second-order valence-corrected chi connectivity index (χ2v) is 8.01. The van der Waals surface area contributed by atoms with Crippen LogP contribution in [0.15, 0.2) is 0 Å². The van der Waals surface area contributed by atoms with Crippen molar-refractivity contribution in [1.29, 1.82) is 0 Å². The van der Waals surface area contributed by atoms with Crippen LogP contribution < -0.4 is 0 Å². The maximum absolute atomic E-state index is 14.6. The summed E-state index contributed by atoms with van der Waals surface area (Å²) in [5.41, 5.74) is 0. The molecule has 2 unspecified atom stereocenters. The average molecular weight is 422 g/mol. The summed E-state index contributed by atoms with van der Waals surface area (Å²) in [5.74, 6) is -13.3. The van der Waals surface area contributed by atoms with Gasteiger partial charge in [-0.2, -0.15) is 22.0 Å². The molecule has 0 heterocycles. The van der Waals surface area contributed by atoms with Crippen molar-refractivity contribution in [2.75, 3.05) is 7.11 Å². The Balaban J connectivity index is 6.10. The fourth-order valence-electron chi connectivity index (χ4n) is 2.09. The summed E-state index contributed by atoms with van der Waals surface area (Å²) >= 11 is 0. The van der Waals surface area contributed by atoms with Gasteiger partial charge in [0.1, 0.15) is 0 Å². The number of ether oxygens (including phenoxy) is 1. The lowest BCUT2D eigenvalue weighted by atomic mass is 10.0. The van der Waals surface area contributed by atoms with Crippen molar-refractivity contribution in [2.45, 2.75) is 67.8 Å². The molecule has 0 aromatic carbocycles. The first-order chi connectivity index (χ1) is 11.4. The first-order valence-electron chi connectivity index (χ1n) is 7.25. The number of rotatable bonds is 9. The maximum atomic E-state index is 14.6. The highest BCUT2D eigenvalue weighted by Crippen LogP contribution is 2.56. The second-order valence-electron chi connectivity index (χ2n) is 5.55. The predicted molar refractivity (Wildman–Crippen MR) is 74.3 cm³/mol. The van der Waals surface area contributed by atoms with E-state index < -0.39 is 69.8 Å². The number of carbonyl (C=O) groups excluding carboxylic acids is 1. The molecular weight excluding hydrogens is 404 g/mol. The van der Waals surface area contributed by atoms with Gasteiger partial charge in [0.05, 0.1) is 12.4 Å². The lowest BCUT2D eigenvalue weighted by Crippen LogP contribution is -2.68. The summed E-state index contributed by atoms with van der Waals surface area (Å²) in [6.45, 7) is 0.886. The minimum absolute atomic E-state index is 0.373. The van der Waals surface area contributed by atoms with Gasteiger partial charge in [-0.05, 0) is 19.8 Å². The van der Waals surface area contributed by atoms with Crippen LogP contribution in [0.5, 0.6) is 0 Å². The fraction of sp³-hybridized carbons (Fsp3) is 0.923. The molecule has 0 saturated carbocycles. The van der Waals surface area contributed by atoms with E-state index in [4.69, 9.17) is 0 Å². The van der Waals surface area contributed by atoms with Gasteiger partial charge in [-0.1, -0.05) is 6.92 Å². The van der Waals surface area contributed by atoms with Gasteiger partial charge in [-0.15, -0.1) is 0 Å². The monoisotopic (exact) mass is 422 g/mol. The van der Waals surface area contributed by atoms with Gasteiger partial charge in [-0.3, -0.25) is 4.79 Å². The normalized spacial score (nSPS) is 17.5. The van der Waals surface area contributed by atoms with Crippen LogP contribution in [0.4, 0.5) is 35.1 Å². The van der Waals surface area contributed by atoms with Gasteiger partial charge in [0.25, 0.3) is 0 Å².